The van der Waals surface area contributed by atoms with Gasteiger partial charge >= 0.3 is 0 Å². The van der Waals surface area contributed by atoms with E-state index in [1.54, 1.807) is 0 Å². The zero-order valence-corrected chi connectivity index (χ0v) is 15.7. The van der Waals surface area contributed by atoms with Crippen LogP contribution in [-0.4, -0.2) is 41.7 Å². The summed E-state index contributed by atoms with van der Waals surface area (Å²) in [6, 6.07) is 14.9. The standard InChI is InChI=1S/C22H28N4O/c23-22(25-20-9-8-16-6-3-7-18(16)12-20)24-13-21(27)15-26-11-10-17-4-1-2-5-19(17)14-26/h1-2,4-5,8-9,12,21,27H,3,6-7,10-11,13-15H2,(H3,23,24,25). The maximum absolute atomic E-state index is 10.4. The van der Waals surface area contributed by atoms with Crippen LogP contribution in [0.15, 0.2) is 47.5 Å². The predicted molar refractivity (Wildman–Crippen MR) is 110 cm³/mol. The van der Waals surface area contributed by atoms with Crippen molar-refractivity contribution in [1.82, 2.24) is 4.90 Å². The molecule has 1 aliphatic heterocycles. The van der Waals surface area contributed by atoms with Crippen molar-refractivity contribution in [3.8, 4) is 0 Å². The third kappa shape index (κ3) is 4.49. The minimum Gasteiger partial charge on any atom is -0.390 e. The lowest BCUT2D eigenvalue weighted by atomic mass is 10.00. The van der Waals surface area contributed by atoms with Crippen LogP contribution < -0.4 is 11.1 Å². The highest BCUT2D eigenvalue weighted by molar-refractivity contribution is 5.92. The van der Waals surface area contributed by atoms with E-state index < -0.39 is 6.10 Å². The Morgan fingerprint density at radius 1 is 1.07 bits per heavy atom. The summed E-state index contributed by atoms with van der Waals surface area (Å²) >= 11 is 0. The number of benzene rings is 2. The highest BCUT2D eigenvalue weighted by Gasteiger charge is 2.18. The zero-order valence-electron chi connectivity index (χ0n) is 15.7. The van der Waals surface area contributed by atoms with Gasteiger partial charge < -0.3 is 16.2 Å². The molecule has 5 heteroatoms. The van der Waals surface area contributed by atoms with E-state index in [0.29, 0.717) is 19.0 Å². The van der Waals surface area contributed by atoms with Gasteiger partial charge in [0.2, 0.25) is 0 Å². The Hall–Kier alpha value is -2.37. The summed E-state index contributed by atoms with van der Waals surface area (Å²) in [5.74, 6) is 0.357. The van der Waals surface area contributed by atoms with Crippen molar-refractivity contribution in [3.05, 3.63) is 64.7 Å². The Labute approximate surface area is 160 Å². The quantitative estimate of drug-likeness (QED) is 0.562. The summed E-state index contributed by atoms with van der Waals surface area (Å²) < 4.78 is 0. The van der Waals surface area contributed by atoms with Crippen molar-refractivity contribution < 1.29 is 5.11 Å². The average Bonchev–Trinajstić information content (AvgIpc) is 3.14. The van der Waals surface area contributed by atoms with Gasteiger partial charge in [-0.25, -0.2) is 0 Å². The number of rotatable bonds is 5. The van der Waals surface area contributed by atoms with Gasteiger partial charge in [-0.1, -0.05) is 30.3 Å². The fraction of sp³-hybridized carbons (Fsp3) is 0.409. The first kappa shape index (κ1) is 18.0. The first-order chi connectivity index (χ1) is 13.2. The molecule has 2 aliphatic rings. The van der Waals surface area contributed by atoms with Gasteiger partial charge in [-0.3, -0.25) is 9.89 Å². The van der Waals surface area contributed by atoms with E-state index in [0.717, 1.165) is 31.6 Å². The molecule has 2 aromatic rings. The molecule has 2 aromatic carbocycles. The van der Waals surface area contributed by atoms with Gasteiger partial charge in [-0.2, -0.15) is 0 Å². The van der Waals surface area contributed by atoms with Gasteiger partial charge in [0.15, 0.2) is 5.96 Å². The second-order valence-electron chi connectivity index (χ2n) is 7.60. The van der Waals surface area contributed by atoms with Crippen LogP contribution in [0.4, 0.5) is 5.69 Å². The molecule has 0 saturated carbocycles. The summed E-state index contributed by atoms with van der Waals surface area (Å²) in [6.07, 6.45) is 4.06. The molecule has 0 bridgehead atoms. The van der Waals surface area contributed by atoms with E-state index in [1.807, 2.05) is 6.07 Å². The maximum atomic E-state index is 10.4. The SMILES string of the molecule is NC(=NCC(O)CN1CCc2ccccc2C1)Nc1ccc2c(c1)CCC2. The Bertz CT molecular complexity index is 833. The van der Waals surface area contributed by atoms with Crippen molar-refractivity contribution in [2.24, 2.45) is 10.7 Å². The number of anilines is 1. The molecule has 0 saturated heterocycles. The Balaban J connectivity index is 1.27. The molecule has 142 valence electrons. The maximum Gasteiger partial charge on any atom is 0.193 e. The van der Waals surface area contributed by atoms with Crippen molar-refractivity contribution in [1.29, 1.82) is 0 Å². The minimum atomic E-state index is -0.518. The molecule has 27 heavy (non-hydrogen) atoms. The molecular weight excluding hydrogens is 336 g/mol. The molecule has 0 fully saturated rings. The third-order valence-corrected chi connectivity index (χ3v) is 5.52. The van der Waals surface area contributed by atoms with Crippen molar-refractivity contribution in [2.75, 3.05) is 25.0 Å². The van der Waals surface area contributed by atoms with Gasteiger partial charge in [0.1, 0.15) is 0 Å². The number of hydrogen-bond donors (Lipinski definition) is 3. The van der Waals surface area contributed by atoms with E-state index in [1.165, 1.54) is 35.1 Å². The molecule has 1 aliphatic carbocycles. The van der Waals surface area contributed by atoms with Crippen LogP contribution in [0.2, 0.25) is 0 Å². The van der Waals surface area contributed by atoms with Gasteiger partial charge in [-0.05, 0) is 60.1 Å². The van der Waals surface area contributed by atoms with E-state index in [-0.39, 0.29) is 0 Å². The highest BCUT2D eigenvalue weighted by atomic mass is 16.3. The monoisotopic (exact) mass is 364 g/mol. The second-order valence-corrected chi connectivity index (χ2v) is 7.60. The number of hydrogen-bond acceptors (Lipinski definition) is 3. The van der Waals surface area contributed by atoms with Crippen molar-refractivity contribution in [3.63, 3.8) is 0 Å². The minimum absolute atomic E-state index is 0.307. The Morgan fingerprint density at radius 2 is 1.85 bits per heavy atom. The number of aliphatic hydroxyl groups excluding tert-OH is 1. The van der Waals surface area contributed by atoms with Gasteiger partial charge in [0.05, 0.1) is 12.6 Å². The second kappa shape index (κ2) is 8.11. The average molecular weight is 364 g/mol. The Kier molecular flexibility index (Phi) is 5.41. The Morgan fingerprint density at radius 3 is 2.74 bits per heavy atom. The zero-order chi connectivity index (χ0) is 18.6. The number of aliphatic hydroxyl groups is 1. The highest BCUT2D eigenvalue weighted by Crippen LogP contribution is 2.24. The van der Waals surface area contributed by atoms with E-state index in [9.17, 15) is 5.11 Å². The smallest absolute Gasteiger partial charge is 0.193 e. The number of β-amino-alcohol motifs (C(OH)–C–C–N with tert-alkyl or cyclic N) is 1. The van der Waals surface area contributed by atoms with Crippen LogP contribution in [0.5, 0.6) is 0 Å². The lowest BCUT2D eigenvalue weighted by Crippen LogP contribution is -2.38. The van der Waals surface area contributed by atoms with Crippen LogP contribution >= 0.6 is 0 Å². The van der Waals surface area contributed by atoms with Gasteiger partial charge in [0, 0.05) is 25.3 Å². The fourth-order valence-corrected chi connectivity index (χ4v) is 4.11. The molecule has 4 rings (SSSR count). The molecule has 0 aromatic heterocycles. The predicted octanol–water partition coefficient (Wildman–Crippen LogP) is 2.32. The van der Waals surface area contributed by atoms with Crippen molar-refractivity contribution in [2.45, 2.75) is 38.3 Å². The number of aryl methyl sites for hydroxylation is 2. The number of fused-ring (bicyclic) bond motifs is 2. The third-order valence-electron chi connectivity index (χ3n) is 5.52. The number of nitrogens with zero attached hydrogens (tertiary/aromatic N) is 2. The first-order valence-corrected chi connectivity index (χ1v) is 9.83. The molecule has 1 heterocycles. The number of nitrogens with two attached hydrogens (primary N) is 1. The van der Waals surface area contributed by atoms with Crippen LogP contribution in [0.1, 0.15) is 28.7 Å². The molecule has 0 spiro atoms. The summed E-state index contributed by atoms with van der Waals surface area (Å²) in [5.41, 5.74) is 12.6. The number of nitrogens with one attached hydrogen (secondary N) is 1. The lowest BCUT2D eigenvalue weighted by Gasteiger charge is -2.30. The van der Waals surface area contributed by atoms with E-state index >= 15 is 0 Å². The van der Waals surface area contributed by atoms with Crippen LogP contribution in [0.25, 0.3) is 0 Å². The summed E-state index contributed by atoms with van der Waals surface area (Å²) in [4.78, 5) is 6.61. The summed E-state index contributed by atoms with van der Waals surface area (Å²) in [5, 5.41) is 13.5. The molecule has 0 radical (unpaired) electrons. The lowest BCUT2D eigenvalue weighted by molar-refractivity contribution is 0.112. The number of aliphatic imine (C=N–C) groups is 1. The molecule has 1 unspecified atom stereocenters. The van der Waals surface area contributed by atoms with E-state index in [2.05, 4.69) is 51.6 Å². The topological polar surface area (TPSA) is 73.9 Å². The molecule has 1 atom stereocenters. The number of guanidine groups is 1. The van der Waals surface area contributed by atoms with Gasteiger partial charge in [-0.15, -0.1) is 0 Å². The van der Waals surface area contributed by atoms with Crippen LogP contribution in [0.3, 0.4) is 0 Å². The largest absolute Gasteiger partial charge is 0.390 e. The molecule has 4 N–H and O–H groups in total. The van der Waals surface area contributed by atoms with Crippen molar-refractivity contribution >= 4 is 11.6 Å². The normalized spacial score (nSPS) is 18.0. The molecule has 5 nitrogen and oxygen atoms in total. The summed E-state index contributed by atoms with van der Waals surface area (Å²) in [7, 11) is 0. The van der Waals surface area contributed by atoms with Crippen LogP contribution in [-0.2, 0) is 25.8 Å². The van der Waals surface area contributed by atoms with Gasteiger partial charge in [0.25, 0.3) is 0 Å². The van der Waals surface area contributed by atoms with Crippen LogP contribution in [0, 0.1) is 0 Å². The first-order valence-electron chi connectivity index (χ1n) is 9.83. The molecular formula is C22H28N4O. The fourth-order valence-electron chi connectivity index (χ4n) is 4.11. The molecule has 0 amide bonds. The summed E-state index contributed by atoms with van der Waals surface area (Å²) in [6.45, 7) is 2.78. The van der Waals surface area contributed by atoms with E-state index in [4.69, 9.17) is 5.73 Å².